The molecule has 2 N–H and O–H groups in total. The van der Waals surface area contributed by atoms with E-state index in [0.717, 1.165) is 54.1 Å². The van der Waals surface area contributed by atoms with E-state index in [1.807, 2.05) is 29.6 Å². The van der Waals surface area contributed by atoms with Crippen molar-refractivity contribution < 1.29 is 13.9 Å². The molecule has 4 heterocycles. The van der Waals surface area contributed by atoms with Gasteiger partial charge in [0.15, 0.2) is 5.65 Å². The Kier molecular flexibility index (Phi) is 7.22. The summed E-state index contributed by atoms with van der Waals surface area (Å²) in [6.07, 6.45) is 0. The number of carbonyl (C=O) groups is 1. The number of thiophene rings is 1. The van der Waals surface area contributed by atoms with E-state index >= 15 is 4.39 Å². The highest BCUT2D eigenvalue weighted by atomic mass is 32.1. The first-order valence-electron chi connectivity index (χ1n) is 13.7. The second kappa shape index (κ2) is 11.0. The third kappa shape index (κ3) is 5.13. The molecule has 6 rings (SSSR count). The number of ether oxygens (including phenoxy) is 1. The number of hydrogen-bond donors (Lipinski definition) is 2. The number of H-pyrrole nitrogens is 1. The van der Waals surface area contributed by atoms with E-state index in [0.29, 0.717) is 16.6 Å². The lowest BCUT2D eigenvalue weighted by Crippen LogP contribution is -2.43. The minimum atomic E-state index is -0.745. The molecular formula is C32H29FN6O2S. The van der Waals surface area contributed by atoms with Gasteiger partial charge in [-0.15, -0.1) is 11.3 Å². The van der Waals surface area contributed by atoms with Gasteiger partial charge in [-0.3, -0.25) is 9.89 Å². The number of nitrogens with zero attached hydrogens (tertiary/aromatic N) is 4. The topological polar surface area (TPSA) is 107 Å². The van der Waals surface area contributed by atoms with Crippen molar-refractivity contribution in [2.24, 2.45) is 5.41 Å². The van der Waals surface area contributed by atoms with Gasteiger partial charge in [0.05, 0.1) is 32.6 Å². The number of anilines is 1. The lowest BCUT2D eigenvalue weighted by molar-refractivity contribution is -0.143. The Morgan fingerprint density at radius 2 is 1.88 bits per heavy atom. The van der Waals surface area contributed by atoms with Crippen molar-refractivity contribution in [1.82, 2.24) is 20.5 Å². The molecule has 5 aromatic rings. The number of esters is 1. The third-order valence-corrected chi connectivity index (χ3v) is 8.13. The number of halogens is 1. The first kappa shape index (κ1) is 27.6. The van der Waals surface area contributed by atoms with Crippen LogP contribution < -0.4 is 15.0 Å². The van der Waals surface area contributed by atoms with Crippen molar-refractivity contribution in [3.63, 3.8) is 0 Å². The molecule has 0 aliphatic carbocycles. The maximum absolute atomic E-state index is 15.6. The van der Waals surface area contributed by atoms with Gasteiger partial charge in [0.1, 0.15) is 17.6 Å². The number of aromatic amines is 1. The van der Waals surface area contributed by atoms with Gasteiger partial charge in [-0.05, 0) is 62.0 Å². The van der Waals surface area contributed by atoms with Crippen LogP contribution in [0.2, 0.25) is 0 Å². The number of rotatable bonds is 5. The van der Waals surface area contributed by atoms with E-state index in [1.54, 1.807) is 32.1 Å². The molecule has 1 saturated heterocycles. The van der Waals surface area contributed by atoms with Crippen molar-refractivity contribution in [2.75, 3.05) is 31.1 Å². The van der Waals surface area contributed by atoms with Gasteiger partial charge >= 0.3 is 5.97 Å². The summed E-state index contributed by atoms with van der Waals surface area (Å²) in [4.78, 5) is 20.3. The molecule has 0 unspecified atom stereocenters. The minimum Gasteiger partial charge on any atom is -0.426 e. The highest BCUT2D eigenvalue weighted by molar-refractivity contribution is 7.13. The first-order chi connectivity index (χ1) is 20.2. The molecule has 0 bridgehead atoms. The van der Waals surface area contributed by atoms with E-state index in [9.17, 15) is 10.1 Å². The smallest absolute Gasteiger partial charge is 0.316 e. The van der Waals surface area contributed by atoms with Crippen LogP contribution in [-0.4, -0.2) is 47.3 Å². The number of carbonyl (C=O) groups excluding carboxylic acids is 1. The summed E-state index contributed by atoms with van der Waals surface area (Å²) in [6.45, 7) is 8.86. The molecule has 0 radical (unpaired) electrons. The molecule has 212 valence electrons. The number of pyridine rings is 1. The number of nitrogens with one attached hydrogen (secondary N) is 2. The molecular weight excluding hydrogens is 551 g/mol. The normalized spacial score (nSPS) is 13.7. The Bertz CT molecular complexity index is 1810. The fraction of sp³-hybridized carbons (Fsp3) is 0.250. The molecule has 8 nitrogen and oxygen atoms in total. The fourth-order valence-corrected chi connectivity index (χ4v) is 5.75. The molecule has 0 spiro atoms. The molecule has 42 heavy (non-hydrogen) atoms. The zero-order valence-corrected chi connectivity index (χ0v) is 24.3. The number of benzene rings is 2. The van der Waals surface area contributed by atoms with Crippen LogP contribution in [0.4, 0.5) is 10.1 Å². The van der Waals surface area contributed by atoms with Crippen LogP contribution in [0.5, 0.6) is 5.75 Å². The maximum atomic E-state index is 15.6. The summed E-state index contributed by atoms with van der Waals surface area (Å²) in [5, 5.41) is 24.2. The average Bonchev–Trinajstić information content (AvgIpc) is 3.67. The Balaban J connectivity index is 1.51. The third-order valence-electron chi connectivity index (χ3n) is 7.24. The molecule has 0 saturated carbocycles. The lowest BCUT2D eigenvalue weighted by atomic mass is 9.92. The van der Waals surface area contributed by atoms with Crippen LogP contribution in [0.15, 0.2) is 60.0 Å². The standard InChI is InChI=1S/C32H29FN6O2S/c1-32(2,3)31(40)41-21-10-11-22(24(33)17-21)28-23(18-34)26(19-6-8-20(9-7-19)39-14-12-35-13-15-39)27-29(25-5-4-16-42-25)37-38-30(27)36-28/h4-11,16-17,35H,12-15H2,1-3H3,(H,36,37,38). The largest absolute Gasteiger partial charge is 0.426 e. The maximum Gasteiger partial charge on any atom is 0.316 e. The predicted octanol–water partition coefficient (Wildman–Crippen LogP) is 6.39. The van der Waals surface area contributed by atoms with E-state index in [2.05, 4.69) is 38.6 Å². The summed E-state index contributed by atoms with van der Waals surface area (Å²) in [5.74, 6) is -1.05. The van der Waals surface area contributed by atoms with Gasteiger partial charge in [-0.1, -0.05) is 18.2 Å². The number of hydrogen-bond acceptors (Lipinski definition) is 8. The molecule has 1 aliphatic heterocycles. The zero-order chi connectivity index (χ0) is 29.4. The van der Waals surface area contributed by atoms with Gasteiger partial charge in [-0.25, -0.2) is 9.37 Å². The average molecular weight is 581 g/mol. The molecule has 2 aromatic carbocycles. The van der Waals surface area contributed by atoms with Gasteiger partial charge in [0.2, 0.25) is 0 Å². The van der Waals surface area contributed by atoms with Crippen molar-refractivity contribution in [3.8, 4) is 44.8 Å². The van der Waals surface area contributed by atoms with Crippen LogP contribution in [0.25, 0.3) is 44.0 Å². The molecule has 0 amide bonds. The number of fused-ring (bicyclic) bond motifs is 1. The minimum absolute atomic E-state index is 0.0826. The van der Waals surface area contributed by atoms with E-state index in [1.165, 1.54) is 12.1 Å². The molecule has 0 atom stereocenters. The summed E-state index contributed by atoms with van der Waals surface area (Å²) >= 11 is 1.55. The number of nitriles is 1. The highest BCUT2D eigenvalue weighted by Gasteiger charge is 2.27. The monoisotopic (exact) mass is 580 g/mol. The van der Waals surface area contributed by atoms with Gasteiger partial charge in [-0.2, -0.15) is 10.4 Å². The fourth-order valence-electron chi connectivity index (χ4n) is 5.02. The predicted molar refractivity (Wildman–Crippen MR) is 163 cm³/mol. The van der Waals surface area contributed by atoms with Crippen molar-refractivity contribution >= 4 is 34.0 Å². The summed E-state index contributed by atoms with van der Waals surface area (Å²) in [7, 11) is 0. The molecule has 3 aromatic heterocycles. The molecule has 1 aliphatic rings. The summed E-state index contributed by atoms with van der Waals surface area (Å²) in [5.41, 5.74) is 3.42. The lowest BCUT2D eigenvalue weighted by Gasteiger charge is -2.29. The van der Waals surface area contributed by atoms with Crippen LogP contribution in [0, 0.1) is 22.6 Å². The first-order valence-corrected chi connectivity index (χ1v) is 14.6. The van der Waals surface area contributed by atoms with Gasteiger partial charge in [0.25, 0.3) is 0 Å². The van der Waals surface area contributed by atoms with Crippen LogP contribution in [0.3, 0.4) is 0 Å². The number of piperazine rings is 1. The SMILES string of the molecule is CC(C)(C)C(=O)Oc1ccc(-c2nc3n[nH]c(-c4cccs4)c3c(-c3ccc(N4CCNCC4)cc3)c2C#N)c(F)c1. The molecule has 1 fully saturated rings. The Morgan fingerprint density at radius 3 is 2.52 bits per heavy atom. The van der Waals surface area contributed by atoms with Gasteiger partial charge < -0.3 is 15.0 Å². The van der Waals surface area contributed by atoms with E-state index < -0.39 is 17.2 Å². The van der Waals surface area contributed by atoms with Crippen LogP contribution in [0.1, 0.15) is 26.3 Å². The number of aromatic nitrogens is 3. The summed E-state index contributed by atoms with van der Waals surface area (Å²) in [6, 6.07) is 18.5. The van der Waals surface area contributed by atoms with Gasteiger partial charge in [0, 0.05) is 49.1 Å². The second-order valence-electron chi connectivity index (χ2n) is 11.2. The van der Waals surface area contributed by atoms with Crippen molar-refractivity contribution in [1.29, 1.82) is 5.26 Å². The zero-order valence-electron chi connectivity index (χ0n) is 23.5. The van der Waals surface area contributed by atoms with Crippen molar-refractivity contribution in [2.45, 2.75) is 20.8 Å². The quantitative estimate of drug-likeness (QED) is 0.183. The van der Waals surface area contributed by atoms with Crippen LogP contribution in [-0.2, 0) is 4.79 Å². The molecule has 10 heteroatoms. The van der Waals surface area contributed by atoms with E-state index in [-0.39, 0.29) is 22.6 Å². The van der Waals surface area contributed by atoms with E-state index in [4.69, 9.17) is 9.72 Å². The van der Waals surface area contributed by atoms with Crippen LogP contribution >= 0.6 is 11.3 Å². The highest BCUT2D eigenvalue weighted by Crippen LogP contribution is 2.42. The summed E-state index contributed by atoms with van der Waals surface area (Å²) < 4.78 is 21.0. The second-order valence-corrected chi connectivity index (χ2v) is 12.1. The van der Waals surface area contributed by atoms with Crippen molar-refractivity contribution in [3.05, 3.63) is 71.4 Å². The Hall–Kier alpha value is -4.59. The Morgan fingerprint density at radius 1 is 1.12 bits per heavy atom. The Labute approximate surface area is 246 Å².